The van der Waals surface area contributed by atoms with Gasteiger partial charge >= 0.3 is 5.97 Å². The number of benzene rings is 1. The molecule has 0 unspecified atom stereocenters. The van der Waals surface area contributed by atoms with Gasteiger partial charge in [-0.1, -0.05) is 24.3 Å². The first-order valence-corrected chi connectivity index (χ1v) is 7.63. The van der Waals surface area contributed by atoms with Gasteiger partial charge in [0.2, 0.25) is 0 Å². The van der Waals surface area contributed by atoms with Crippen LogP contribution in [0.4, 0.5) is 0 Å². The fraction of sp³-hybridized carbons (Fsp3) is 0.529. The highest BCUT2D eigenvalue weighted by Crippen LogP contribution is 2.18. The summed E-state index contributed by atoms with van der Waals surface area (Å²) < 4.78 is 5.30. The van der Waals surface area contributed by atoms with Crippen LogP contribution in [-0.2, 0) is 22.5 Å². The van der Waals surface area contributed by atoms with Gasteiger partial charge in [0.15, 0.2) is 5.96 Å². The number of nitrogens with one attached hydrogen (secondary N) is 1. The SMILES string of the molecule is CN=C(NCC(=O)OC(C)(C)C)N1CCc2ccccc2C1.I. The Kier molecular flexibility index (Phi) is 7.31. The second kappa shape index (κ2) is 8.52. The minimum absolute atomic E-state index is 0. The van der Waals surface area contributed by atoms with Crippen molar-refractivity contribution in [1.29, 1.82) is 0 Å². The zero-order chi connectivity index (χ0) is 16.2. The number of guanidine groups is 1. The first-order valence-electron chi connectivity index (χ1n) is 7.63. The second-order valence-corrected chi connectivity index (χ2v) is 6.43. The van der Waals surface area contributed by atoms with Crippen molar-refractivity contribution in [1.82, 2.24) is 10.2 Å². The highest BCUT2D eigenvalue weighted by molar-refractivity contribution is 14.0. The van der Waals surface area contributed by atoms with Crippen molar-refractivity contribution in [3.8, 4) is 0 Å². The van der Waals surface area contributed by atoms with E-state index in [4.69, 9.17) is 4.74 Å². The smallest absolute Gasteiger partial charge is 0.325 e. The largest absolute Gasteiger partial charge is 0.459 e. The van der Waals surface area contributed by atoms with Gasteiger partial charge in [0, 0.05) is 20.1 Å². The van der Waals surface area contributed by atoms with Gasteiger partial charge in [-0.3, -0.25) is 9.79 Å². The molecule has 0 spiro atoms. The maximum Gasteiger partial charge on any atom is 0.325 e. The third kappa shape index (κ3) is 6.01. The fourth-order valence-corrected chi connectivity index (χ4v) is 2.54. The number of aliphatic imine (C=N–C) groups is 1. The number of ether oxygens (including phenoxy) is 1. The van der Waals surface area contributed by atoms with Crippen LogP contribution < -0.4 is 5.32 Å². The van der Waals surface area contributed by atoms with Crippen LogP contribution >= 0.6 is 24.0 Å². The molecule has 0 atom stereocenters. The maximum atomic E-state index is 11.8. The number of hydrogen-bond acceptors (Lipinski definition) is 3. The van der Waals surface area contributed by atoms with E-state index in [9.17, 15) is 4.79 Å². The number of esters is 1. The van der Waals surface area contributed by atoms with Gasteiger partial charge in [-0.05, 0) is 38.3 Å². The molecule has 0 aliphatic carbocycles. The van der Waals surface area contributed by atoms with Crippen molar-refractivity contribution in [3.63, 3.8) is 0 Å². The second-order valence-electron chi connectivity index (χ2n) is 6.43. The Hall–Kier alpha value is -1.31. The number of carbonyl (C=O) groups is 1. The number of rotatable bonds is 2. The molecule has 1 N–H and O–H groups in total. The molecule has 1 aromatic rings. The molecular formula is C17H26IN3O2. The number of halogens is 1. The average Bonchev–Trinajstić information content (AvgIpc) is 2.46. The first kappa shape index (κ1) is 19.7. The van der Waals surface area contributed by atoms with Gasteiger partial charge < -0.3 is 15.0 Å². The first-order chi connectivity index (χ1) is 10.4. The minimum Gasteiger partial charge on any atom is -0.459 e. The standard InChI is InChI=1S/C17H25N3O2.HI/c1-17(2,3)22-15(21)11-19-16(18-4)20-10-9-13-7-5-6-8-14(13)12-20;/h5-8H,9-12H2,1-4H3,(H,18,19);1H. The molecular weight excluding hydrogens is 405 g/mol. The Balaban J connectivity index is 0.00000264. The highest BCUT2D eigenvalue weighted by Gasteiger charge is 2.20. The van der Waals surface area contributed by atoms with Crippen molar-refractivity contribution in [2.45, 2.75) is 39.3 Å². The molecule has 0 aromatic heterocycles. The topological polar surface area (TPSA) is 53.9 Å². The molecule has 5 nitrogen and oxygen atoms in total. The predicted molar refractivity (Wildman–Crippen MR) is 103 cm³/mol. The summed E-state index contributed by atoms with van der Waals surface area (Å²) in [6.45, 7) is 7.42. The van der Waals surface area contributed by atoms with Gasteiger partial charge in [0.05, 0.1) is 0 Å². The zero-order valence-corrected chi connectivity index (χ0v) is 16.6. The van der Waals surface area contributed by atoms with Crippen molar-refractivity contribution >= 4 is 35.9 Å². The summed E-state index contributed by atoms with van der Waals surface area (Å²) in [4.78, 5) is 18.2. The minimum atomic E-state index is -0.466. The summed E-state index contributed by atoms with van der Waals surface area (Å²) in [5.74, 6) is 0.464. The van der Waals surface area contributed by atoms with Crippen LogP contribution in [0.1, 0.15) is 31.9 Å². The van der Waals surface area contributed by atoms with E-state index in [0.29, 0.717) is 0 Å². The summed E-state index contributed by atoms with van der Waals surface area (Å²) >= 11 is 0. The van der Waals surface area contributed by atoms with Gasteiger partial charge in [0.1, 0.15) is 12.1 Å². The quantitative estimate of drug-likeness (QED) is 0.339. The number of fused-ring (bicyclic) bond motifs is 1. The number of hydrogen-bond donors (Lipinski definition) is 1. The molecule has 0 saturated heterocycles. The molecule has 0 fully saturated rings. The summed E-state index contributed by atoms with van der Waals surface area (Å²) in [5, 5.41) is 3.09. The van der Waals surface area contributed by atoms with Crippen molar-refractivity contribution in [2.75, 3.05) is 20.1 Å². The summed E-state index contributed by atoms with van der Waals surface area (Å²) in [6, 6.07) is 8.44. The van der Waals surface area contributed by atoms with E-state index in [1.165, 1.54) is 11.1 Å². The molecule has 6 heteroatoms. The lowest BCUT2D eigenvalue weighted by Gasteiger charge is -2.31. The van der Waals surface area contributed by atoms with E-state index < -0.39 is 5.60 Å². The van der Waals surface area contributed by atoms with Crippen LogP contribution in [0.2, 0.25) is 0 Å². The summed E-state index contributed by atoms with van der Waals surface area (Å²) in [6.07, 6.45) is 0.989. The van der Waals surface area contributed by atoms with Crippen LogP contribution in [0.15, 0.2) is 29.3 Å². The van der Waals surface area contributed by atoms with Crippen LogP contribution in [0.3, 0.4) is 0 Å². The lowest BCUT2D eigenvalue weighted by atomic mass is 10.0. The highest BCUT2D eigenvalue weighted by atomic mass is 127. The van der Waals surface area contributed by atoms with Gasteiger partial charge in [0.25, 0.3) is 0 Å². The molecule has 128 valence electrons. The van der Waals surface area contributed by atoms with E-state index in [0.717, 1.165) is 25.5 Å². The van der Waals surface area contributed by atoms with Crippen molar-refractivity contribution in [2.24, 2.45) is 4.99 Å². The molecule has 0 radical (unpaired) electrons. The van der Waals surface area contributed by atoms with Crippen molar-refractivity contribution < 1.29 is 9.53 Å². The average molecular weight is 431 g/mol. The summed E-state index contributed by atoms with van der Waals surface area (Å²) in [5.41, 5.74) is 2.24. The Morgan fingerprint density at radius 2 is 1.96 bits per heavy atom. The Labute approximate surface area is 155 Å². The Bertz CT molecular complexity index is 567. The molecule has 1 aliphatic rings. The normalized spacial score (nSPS) is 14.6. The molecule has 0 amide bonds. The van der Waals surface area contributed by atoms with Crippen LogP contribution in [0.5, 0.6) is 0 Å². The molecule has 1 aliphatic heterocycles. The van der Waals surface area contributed by atoms with Gasteiger partial charge in [-0.2, -0.15) is 0 Å². The third-order valence-corrected chi connectivity index (χ3v) is 3.45. The lowest BCUT2D eigenvalue weighted by Crippen LogP contribution is -2.46. The lowest BCUT2D eigenvalue weighted by molar-refractivity contribution is -0.153. The zero-order valence-electron chi connectivity index (χ0n) is 14.3. The summed E-state index contributed by atoms with van der Waals surface area (Å²) in [7, 11) is 1.73. The number of nitrogens with zero attached hydrogens (tertiary/aromatic N) is 2. The molecule has 2 rings (SSSR count). The van der Waals surface area contributed by atoms with E-state index in [-0.39, 0.29) is 36.5 Å². The van der Waals surface area contributed by atoms with E-state index in [1.54, 1.807) is 7.05 Å². The molecule has 0 bridgehead atoms. The predicted octanol–water partition coefficient (Wildman–Crippen LogP) is 2.58. The van der Waals surface area contributed by atoms with Gasteiger partial charge in [-0.25, -0.2) is 0 Å². The monoisotopic (exact) mass is 431 g/mol. The Morgan fingerprint density at radius 3 is 2.57 bits per heavy atom. The van der Waals surface area contributed by atoms with Crippen LogP contribution in [0.25, 0.3) is 0 Å². The molecule has 1 aromatic carbocycles. The Morgan fingerprint density at radius 1 is 1.30 bits per heavy atom. The van der Waals surface area contributed by atoms with Gasteiger partial charge in [-0.15, -0.1) is 24.0 Å². The molecule has 0 saturated carbocycles. The van der Waals surface area contributed by atoms with E-state index in [1.807, 2.05) is 20.8 Å². The number of carbonyl (C=O) groups excluding carboxylic acids is 1. The van der Waals surface area contributed by atoms with Crippen LogP contribution in [-0.4, -0.2) is 42.6 Å². The van der Waals surface area contributed by atoms with Crippen molar-refractivity contribution in [3.05, 3.63) is 35.4 Å². The van der Waals surface area contributed by atoms with Crippen LogP contribution in [0, 0.1) is 0 Å². The molecule has 23 heavy (non-hydrogen) atoms. The van der Waals surface area contributed by atoms with E-state index >= 15 is 0 Å². The maximum absolute atomic E-state index is 11.8. The third-order valence-electron chi connectivity index (χ3n) is 3.45. The van der Waals surface area contributed by atoms with E-state index in [2.05, 4.69) is 39.5 Å². The molecule has 1 heterocycles. The fourth-order valence-electron chi connectivity index (χ4n) is 2.54.